The minimum absolute atomic E-state index is 0.347. The van der Waals surface area contributed by atoms with E-state index in [0.29, 0.717) is 10.8 Å². The van der Waals surface area contributed by atoms with Crippen LogP contribution in [0, 0.1) is 0 Å². The Labute approximate surface area is 116 Å². The average molecular weight is 283 g/mol. The van der Waals surface area contributed by atoms with Gasteiger partial charge in [0.15, 0.2) is 6.10 Å². The molecule has 1 aromatic heterocycles. The third-order valence-electron chi connectivity index (χ3n) is 2.05. The zero-order chi connectivity index (χ0) is 14.4. The van der Waals surface area contributed by atoms with Crippen LogP contribution in [0.3, 0.4) is 0 Å². The van der Waals surface area contributed by atoms with E-state index in [1.165, 1.54) is 19.2 Å². The van der Waals surface area contributed by atoms with Crippen LogP contribution in [0.5, 0.6) is 0 Å². The molecule has 0 aromatic carbocycles. The quantitative estimate of drug-likeness (QED) is 0.681. The smallest absolute Gasteiger partial charge is 0.331 e. The molecule has 0 radical (unpaired) electrons. The lowest BCUT2D eigenvalue weighted by molar-refractivity contribution is -0.148. The van der Waals surface area contributed by atoms with E-state index in [-0.39, 0.29) is 0 Å². The number of esters is 1. The summed E-state index contributed by atoms with van der Waals surface area (Å²) in [5.41, 5.74) is 0.803. The van der Waals surface area contributed by atoms with Crippen molar-refractivity contribution in [3.8, 4) is 0 Å². The van der Waals surface area contributed by atoms with Crippen molar-refractivity contribution in [2.75, 3.05) is 5.32 Å². The van der Waals surface area contributed by atoms with Gasteiger partial charge in [0.05, 0.1) is 5.02 Å². The van der Waals surface area contributed by atoms with E-state index < -0.39 is 18.0 Å². The molecule has 6 heteroatoms. The molecule has 0 aliphatic heterocycles. The van der Waals surface area contributed by atoms with Crippen molar-refractivity contribution in [1.29, 1.82) is 0 Å². The molecule has 102 valence electrons. The molecule has 19 heavy (non-hydrogen) atoms. The van der Waals surface area contributed by atoms with E-state index >= 15 is 0 Å². The molecule has 1 aromatic rings. The van der Waals surface area contributed by atoms with Gasteiger partial charge < -0.3 is 10.1 Å². The molecule has 0 spiro atoms. The fraction of sp³-hybridized carbons (Fsp3) is 0.308. The predicted octanol–water partition coefficient (Wildman–Crippen LogP) is 2.57. The summed E-state index contributed by atoms with van der Waals surface area (Å²) in [7, 11) is 0. The first-order valence-corrected chi connectivity index (χ1v) is 6.04. The van der Waals surface area contributed by atoms with E-state index in [1.54, 1.807) is 26.0 Å². The van der Waals surface area contributed by atoms with Gasteiger partial charge in [-0.3, -0.25) is 4.79 Å². The molecule has 0 unspecified atom stereocenters. The van der Waals surface area contributed by atoms with E-state index in [1.807, 2.05) is 0 Å². The maximum Gasteiger partial charge on any atom is 0.331 e. The zero-order valence-corrected chi connectivity index (χ0v) is 11.7. The molecule has 0 saturated heterocycles. The van der Waals surface area contributed by atoms with Gasteiger partial charge in [0.1, 0.15) is 5.82 Å². The van der Waals surface area contributed by atoms with E-state index in [4.69, 9.17) is 16.3 Å². The highest BCUT2D eigenvalue weighted by molar-refractivity contribution is 6.30. The molecular formula is C13H15ClN2O3. The molecule has 1 amide bonds. The molecule has 0 fully saturated rings. The molecule has 1 rings (SSSR count). The van der Waals surface area contributed by atoms with Crippen molar-refractivity contribution in [2.24, 2.45) is 0 Å². The summed E-state index contributed by atoms with van der Waals surface area (Å²) in [5.74, 6) is -0.656. The molecule has 0 aliphatic rings. The second kappa shape index (κ2) is 6.89. The van der Waals surface area contributed by atoms with Crippen LogP contribution in [0.1, 0.15) is 20.8 Å². The summed E-state index contributed by atoms with van der Waals surface area (Å²) in [6.07, 6.45) is 1.84. The zero-order valence-electron chi connectivity index (χ0n) is 10.9. The second-order valence-electron chi connectivity index (χ2n) is 4.15. The first kappa shape index (κ1) is 15.2. The number of hydrogen-bond donors (Lipinski definition) is 1. The van der Waals surface area contributed by atoms with Crippen LogP contribution < -0.4 is 5.32 Å². The molecule has 0 saturated carbocycles. The van der Waals surface area contributed by atoms with Gasteiger partial charge in [-0.05, 0) is 32.9 Å². The summed E-state index contributed by atoms with van der Waals surface area (Å²) in [4.78, 5) is 27.0. The fourth-order valence-electron chi connectivity index (χ4n) is 1.18. The van der Waals surface area contributed by atoms with Crippen molar-refractivity contribution in [2.45, 2.75) is 26.9 Å². The SMILES string of the molecule is CC(C)=CC(=O)O[C@H](C)C(=O)Nc1ccc(Cl)cn1. The molecular weight excluding hydrogens is 268 g/mol. The summed E-state index contributed by atoms with van der Waals surface area (Å²) >= 11 is 5.68. The Kier molecular flexibility index (Phi) is 5.51. The summed E-state index contributed by atoms with van der Waals surface area (Å²) in [6.45, 7) is 5.02. The van der Waals surface area contributed by atoms with Crippen LogP contribution >= 0.6 is 11.6 Å². The maximum atomic E-state index is 11.7. The van der Waals surface area contributed by atoms with Crippen molar-refractivity contribution in [3.63, 3.8) is 0 Å². The van der Waals surface area contributed by atoms with Gasteiger partial charge in [-0.25, -0.2) is 9.78 Å². The average Bonchev–Trinajstić information content (AvgIpc) is 2.30. The third-order valence-corrected chi connectivity index (χ3v) is 2.27. The topological polar surface area (TPSA) is 68.3 Å². The number of nitrogens with zero attached hydrogens (tertiary/aromatic N) is 1. The van der Waals surface area contributed by atoms with Gasteiger partial charge in [-0.15, -0.1) is 0 Å². The van der Waals surface area contributed by atoms with Crippen LogP contribution in [0.25, 0.3) is 0 Å². The monoisotopic (exact) mass is 282 g/mol. The number of allylic oxidation sites excluding steroid dienone is 1. The number of aromatic nitrogens is 1. The highest BCUT2D eigenvalue weighted by atomic mass is 35.5. The Hall–Kier alpha value is -1.88. The first-order chi connectivity index (χ1) is 8.88. The summed E-state index contributed by atoms with van der Waals surface area (Å²) in [5, 5.41) is 2.99. The number of ether oxygens (including phenoxy) is 1. The van der Waals surface area contributed by atoms with Gasteiger partial charge >= 0.3 is 5.97 Å². The standard InChI is InChI=1S/C13H15ClN2O3/c1-8(2)6-12(17)19-9(3)13(18)16-11-5-4-10(14)7-15-11/h4-7,9H,1-3H3,(H,15,16,18)/t9-/m1/s1. The van der Waals surface area contributed by atoms with Crippen LogP contribution in [0.2, 0.25) is 5.02 Å². The van der Waals surface area contributed by atoms with Crippen LogP contribution in [-0.2, 0) is 14.3 Å². The Morgan fingerprint density at radius 1 is 1.42 bits per heavy atom. The van der Waals surface area contributed by atoms with Crippen LogP contribution in [0.4, 0.5) is 5.82 Å². The number of carbonyl (C=O) groups is 2. The predicted molar refractivity (Wildman–Crippen MR) is 72.9 cm³/mol. The molecule has 1 heterocycles. The van der Waals surface area contributed by atoms with Gasteiger partial charge in [0.25, 0.3) is 5.91 Å². The van der Waals surface area contributed by atoms with Crippen molar-refractivity contribution < 1.29 is 14.3 Å². The number of rotatable bonds is 4. The van der Waals surface area contributed by atoms with Crippen molar-refractivity contribution >= 4 is 29.3 Å². The number of hydrogen-bond acceptors (Lipinski definition) is 4. The lowest BCUT2D eigenvalue weighted by Crippen LogP contribution is -2.29. The van der Waals surface area contributed by atoms with E-state index in [0.717, 1.165) is 5.57 Å². The maximum absolute atomic E-state index is 11.7. The Bertz CT molecular complexity index is 493. The van der Waals surface area contributed by atoms with Gasteiger partial charge in [-0.1, -0.05) is 17.2 Å². The van der Waals surface area contributed by atoms with Crippen molar-refractivity contribution in [1.82, 2.24) is 4.98 Å². The number of anilines is 1. The normalized spacial score (nSPS) is 11.4. The second-order valence-corrected chi connectivity index (χ2v) is 4.59. The fourth-order valence-corrected chi connectivity index (χ4v) is 1.29. The largest absolute Gasteiger partial charge is 0.449 e. The Balaban J connectivity index is 2.56. The molecule has 5 nitrogen and oxygen atoms in total. The van der Waals surface area contributed by atoms with E-state index in [9.17, 15) is 9.59 Å². The lowest BCUT2D eigenvalue weighted by atomic mass is 10.3. The lowest BCUT2D eigenvalue weighted by Gasteiger charge is -2.12. The Morgan fingerprint density at radius 2 is 2.11 bits per heavy atom. The summed E-state index contributed by atoms with van der Waals surface area (Å²) in [6, 6.07) is 3.16. The van der Waals surface area contributed by atoms with Crippen LogP contribution in [-0.4, -0.2) is 23.0 Å². The number of pyridine rings is 1. The van der Waals surface area contributed by atoms with Gasteiger partial charge in [0.2, 0.25) is 0 Å². The number of carbonyl (C=O) groups excluding carboxylic acids is 2. The first-order valence-electron chi connectivity index (χ1n) is 5.66. The minimum atomic E-state index is -0.902. The molecule has 1 N–H and O–H groups in total. The molecule has 1 atom stereocenters. The molecule has 0 aliphatic carbocycles. The minimum Gasteiger partial charge on any atom is -0.449 e. The van der Waals surface area contributed by atoms with Gasteiger partial charge in [0, 0.05) is 12.3 Å². The van der Waals surface area contributed by atoms with E-state index in [2.05, 4.69) is 10.3 Å². The molecule has 0 bridgehead atoms. The number of amides is 1. The summed E-state index contributed by atoms with van der Waals surface area (Å²) < 4.78 is 4.94. The Morgan fingerprint density at radius 3 is 2.63 bits per heavy atom. The van der Waals surface area contributed by atoms with Crippen molar-refractivity contribution in [3.05, 3.63) is 35.0 Å². The number of halogens is 1. The van der Waals surface area contributed by atoms with Gasteiger partial charge in [-0.2, -0.15) is 0 Å². The highest BCUT2D eigenvalue weighted by Crippen LogP contribution is 2.10. The highest BCUT2D eigenvalue weighted by Gasteiger charge is 2.17. The number of nitrogens with one attached hydrogen (secondary N) is 1. The van der Waals surface area contributed by atoms with Crippen LogP contribution in [0.15, 0.2) is 30.0 Å². The third kappa shape index (κ3) is 5.52.